The minimum Gasteiger partial charge on any atom is -0.295 e. The van der Waals surface area contributed by atoms with Crippen molar-refractivity contribution in [2.75, 3.05) is 7.05 Å². The van der Waals surface area contributed by atoms with E-state index in [1.54, 1.807) is 11.6 Å². The number of hydrogen-bond donors (Lipinski definition) is 0. The van der Waals surface area contributed by atoms with E-state index in [1.165, 1.54) is 16.7 Å². The summed E-state index contributed by atoms with van der Waals surface area (Å²) in [5.41, 5.74) is 4.65. The number of nitrogens with zero attached hydrogens (tertiary/aromatic N) is 5. The van der Waals surface area contributed by atoms with Gasteiger partial charge in [0.2, 0.25) is 5.78 Å². The van der Waals surface area contributed by atoms with E-state index in [2.05, 4.69) is 54.2 Å². The Morgan fingerprint density at radius 3 is 2.59 bits per heavy atom. The van der Waals surface area contributed by atoms with E-state index >= 15 is 0 Å². The van der Waals surface area contributed by atoms with Gasteiger partial charge in [-0.1, -0.05) is 35.9 Å². The summed E-state index contributed by atoms with van der Waals surface area (Å²) in [4.78, 5) is 14.8. The highest BCUT2D eigenvalue weighted by Crippen LogP contribution is 2.17. The molecule has 4 rings (SSSR count). The van der Waals surface area contributed by atoms with Crippen LogP contribution in [0, 0.1) is 13.8 Å². The maximum atomic E-state index is 12.6. The third kappa shape index (κ3) is 3.02. The molecule has 0 fully saturated rings. The SMILES string of the molecule is Cc1ccc(CN(C)Cc2nnc3n(C)c(=O)c4ccccc4n23)c(C)c1. The van der Waals surface area contributed by atoms with Crippen molar-refractivity contribution >= 4 is 16.7 Å². The molecule has 2 aromatic heterocycles. The van der Waals surface area contributed by atoms with Crippen LogP contribution in [0.15, 0.2) is 47.3 Å². The number of rotatable bonds is 4. The van der Waals surface area contributed by atoms with Gasteiger partial charge in [0, 0.05) is 13.6 Å². The normalized spacial score (nSPS) is 11.7. The molecule has 27 heavy (non-hydrogen) atoms. The standard InChI is InChI=1S/C21H23N5O/c1-14-9-10-16(15(2)11-14)12-24(3)13-19-22-23-21-25(4)20(27)17-7-5-6-8-18(17)26(19)21/h5-11H,12-13H2,1-4H3. The number of para-hydroxylation sites is 1. The average molecular weight is 361 g/mol. The lowest BCUT2D eigenvalue weighted by molar-refractivity contribution is 0.309. The van der Waals surface area contributed by atoms with Crippen molar-refractivity contribution in [1.82, 2.24) is 24.1 Å². The third-order valence-corrected chi connectivity index (χ3v) is 5.04. The first kappa shape index (κ1) is 17.4. The molecule has 4 aromatic rings. The number of aryl methyl sites for hydroxylation is 3. The number of aromatic nitrogens is 4. The molecule has 2 heterocycles. The molecular weight excluding hydrogens is 338 g/mol. The van der Waals surface area contributed by atoms with E-state index in [0.29, 0.717) is 17.7 Å². The Morgan fingerprint density at radius 2 is 1.81 bits per heavy atom. The molecule has 6 nitrogen and oxygen atoms in total. The van der Waals surface area contributed by atoms with Gasteiger partial charge in [-0.05, 0) is 44.2 Å². The van der Waals surface area contributed by atoms with Crippen LogP contribution >= 0.6 is 0 Å². The fraction of sp³-hybridized carbons (Fsp3) is 0.286. The van der Waals surface area contributed by atoms with Gasteiger partial charge in [0.05, 0.1) is 17.4 Å². The first-order chi connectivity index (χ1) is 13.0. The number of hydrogen-bond acceptors (Lipinski definition) is 4. The molecule has 138 valence electrons. The van der Waals surface area contributed by atoms with E-state index in [4.69, 9.17) is 0 Å². The van der Waals surface area contributed by atoms with Crippen molar-refractivity contribution in [1.29, 1.82) is 0 Å². The van der Waals surface area contributed by atoms with Crippen molar-refractivity contribution in [2.45, 2.75) is 26.9 Å². The topological polar surface area (TPSA) is 55.4 Å². The summed E-state index contributed by atoms with van der Waals surface area (Å²) >= 11 is 0. The molecule has 0 aliphatic heterocycles. The highest BCUT2D eigenvalue weighted by atomic mass is 16.1. The minimum absolute atomic E-state index is 0.0549. The molecule has 0 bridgehead atoms. The Balaban J connectivity index is 1.73. The van der Waals surface area contributed by atoms with Crippen LogP contribution in [0.25, 0.3) is 16.7 Å². The van der Waals surface area contributed by atoms with Crippen molar-refractivity contribution < 1.29 is 0 Å². The minimum atomic E-state index is -0.0549. The summed E-state index contributed by atoms with van der Waals surface area (Å²) < 4.78 is 3.54. The van der Waals surface area contributed by atoms with Gasteiger partial charge in [0.15, 0.2) is 5.82 Å². The van der Waals surface area contributed by atoms with Gasteiger partial charge >= 0.3 is 0 Å². The number of benzene rings is 2. The molecule has 0 saturated heterocycles. The van der Waals surface area contributed by atoms with Crippen LogP contribution in [-0.2, 0) is 20.1 Å². The van der Waals surface area contributed by atoms with Crippen molar-refractivity contribution in [3.05, 3.63) is 75.3 Å². The lowest BCUT2D eigenvalue weighted by Crippen LogP contribution is -2.22. The molecule has 0 atom stereocenters. The average Bonchev–Trinajstić information content (AvgIpc) is 3.06. The Labute approximate surface area is 157 Å². The predicted molar refractivity (Wildman–Crippen MR) is 107 cm³/mol. The Bertz CT molecular complexity index is 1200. The van der Waals surface area contributed by atoms with Crippen molar-refractivity contribution in [3.8, 4) is 0 Å². The highest BCUT2D eigenvalue weighted by Gasteiger charge is 2.16. The molecule has 0 spiro atoms. The quantitative estimate of drug-likeness (QED) is 0.561. The lowest BCUT2D eigenvalue weighted by Gasteiger charge is -2.18. The zero-order valence-corrected chi connectivity index (χ0v) is 16.1. The van der Waals surface area contributed by atoms with Crippen molar-refractivity contribution in [3.63, 3.8) is 0 Å². The molecule has 0 N–H and O–H groups in total. The Morgan fingerprint density at radius 1 is 1.04 bits per heavy atom. The summed E-state index contributed by atoms with van der Waals surface area (Å²) in [6.07, 6.45) is 0. The Hall–Kier alpha value is -2.99. The molecule has 0 aliphatic carbocycles. The summed E-state index contributed by atoms with van der Waals surface area (Å²) in [6, 6.07) is 14.1. The third-order valence-electron chi connectivity index (χ3n) is 5.04. The molecule has 6 heteroatoms. The van der Waals surface area contributed by atoms with Gasteiger partial charge in [-0.25, -0.2) is 0 Å². The fourth-order valence-electron chi connectivity index (χ4n) is 3.61. The zero-order chi connectivity index (χ0) is 19.1. The molecule has 0 amide bonds. The fourth-order valence-corrected chi connectivity index (χ4v) is 3.61. The summed E-state index contributed by atoms with van der Waals surface area (Å²) in [5.74, 6) is 1.39. The first-order valence-corrected chi connectivity index (χ1v) is 9.02. The number of fused-ring (bicyclic) bond motifs is 3. The van der Waals surface area contributed by atoms with Crippen LogP contribution in [0.5, 0.6) is 0 Å². The van der Waals surface area contributed by atoms with Crippen LogP contribution < -0.4 is 5.56 Å². The molecule has 0 saturated carbocycles. The van der Waals surface area contributed by atoms with E-state index in [0.717, 1.165) is 17.9 Å². The summed E-state index contributed by atoms with van der Waals surface area (Å²) in [7, 11) is 3.81. The van der Waals surface area contributed by atoms with E-state index < -0.39 is 0 Å². The van der Waals surface area contributed by atoms with E-state index in [9.17, 15) is 4.79 Å². The van der Waals surface area contributed by atoms with Gasteiger partial charge in [0.1, 0.15) is 0 Å². The van der Waals surface area contributed by atoms with Gasteiger partial charge < -0.3 is 0 Å². The lowest BCUT2D eigenvalue weighted by atomic mass is 10.1. The molecular formula is C21H23N5O. The summed E-state index contributed by atoms with van der Waals surface area (Å²) in [5, 5.41) is 9.32. The van der Waals surface area contributed by atoms with Crippen LogP contribution in [0.1, 0.15) is 22.5 Å². The largest absolute Gasteiger partial charge is 0.295 e. The van der Waals surface area contributed by atoms with Crippen LogP contribution in [0.2, 0.25) is 0 Å². The maximum Gasteiger partial charge on any atom is 0.262 e. The molecule has 2 aromatic carbocycles. The van der Waals surface area contributed by atoms with Gasteiger partial charge in [-0.15, -0.1) is 10.2 Å². The van der Waals surface area contributed by atoms with Crippen LogP contribution in [-0.4, -0.2) is 31.1 Å². The summed E-state index contributed by atoms with van der Waals surface area (Å²) in [6.45, 7) is 5.71. The van der Waals surface area contributed by atoms with Gasteiger partial charge in [0.25, 0.3) is 5.56 Å². The zero-order valence-electron chi connectivity index (χ0n) is 16.1. The Kier molecular flexibility index (Phi) is 4.28. The monoisotopic (exact) mass is 361 g/mol. The molecule has 0 radical (unpaired) electrons. The second kappa shape index (κ2) is 6.63. The van der Waals surface area contributed by atoms with Crippen LogP contribution in [0.4, 0.5) is 0 Å². The molecule has 0 unspecified atom stereocenters. The highest BCUT2D eigenvalue weighted by molar-refractivity contribution is 5.80. The predicted octanol–water partition coefficient (Wildman–Crippen LogP) is 2.83. The van der Waals surface area contributed by atoms with Crippen LogP contribution in [0.3, 0.4) is 0 Å². The smallest absolute Gasteiger partial charge is 0.262 e. The first-order valence-electron chi connectivity index (χ1n) is 9.02. The maximum absolute atomic E-state index is 12.6. The van der Waals surface area contributed by atoms with Gasteiger partial charge in [-0.3, -0.25) is 18.7 Å². The van der Waals surface area contributed by atoms with E-state index in [-0.39, 0.29) is 5.56 Å². The second-order valence-corrected chi connectivity index (χ2v) is 7.24. The van der Waals surface area contributed by atoms with Gasteiger partial charge in [-0.2, -0.15) is 0 Å². The van der Waals surface area contributed by atoms with E-state index in [1.807, 2.05) is 28.7 Å². The second-order valence-electron chi connectivity index (χ2n) is 7.24. The molecule has 0 aliphatic rings. The van der Waals surface area contributed by atoms with Crippen molar-refractivity contribution in [2.24, 2.45) is 7.05 Å².